The van der Waals surface area contributed by atoms with Gasteiger partial charge in [0.25, 0.3) is 0 Å². The maximum absolute atomic E-state index is 14.1. The molecular formula is C21H20FN3O3. The number of rotatable bonds is 5. The average molecular weight is 381 g/mol. The molecule has 2 aromatic carbocycles. The van der Waals surface area contributed by atoms with Crippen LogP contribution in [-0.2, 0) is 4.79 Å². The summed E-state index contributed by atoms with van der Waals surface area (Å²) in [6.07, 6.45) is 1.35. The molecule has 1 fully saturated rings. The normalized spacial score (nSPS) is 16.8. The second-order valence-corrected chi connectivity index (χ2v) is 6.89. The van der Waals surface area contributed by atoms with Crippen LogP contribution in [0.15, 0.2) is 59.1 Å². The quantitative estimate of drug-likeness (QED) is 0.722. The molecule has 7 heteroatoms. The zero-order valence-corrected chi connectivity index (χ0v) is 15.2. The molecule has 6 nitrogen and oxygen atoms in total. The Morgan fingerprint density at radius 3 is 2.46 bits per heavy atom. The van der Waals surface area contributed by atoms with Gasteiger partial charge in [-0.25, -0.2) is 4.39 Å². The number of carbonyl (C=O) groups is 1. The number of nitrogens with zero attached hydrogens (tertiary/aromatic N) is 3. The van der Waals surface area contributed by atoms with Crippen molar-refractivity contribution < 1.29 is 18.8 Å². The Balaban J connectivity index is 1.46. The van der Waals surface area contributed by atoms with E-state index in [2.05, 4.69) is 10.1 Å². The smallest absolute Gasteiger partial charge is 0.325 e. The number of likely N-dealkylation sites (tertiary alicyclic amines) is 1. The summed E-state index contributed by atoms with van der Waals surface area (Å²) in [7, 11) is 0. The minimum absolute atomic E-state index is 0.0660. The van der Waals surface area contributed by atoms with Crippen molar-refractivity contribution >= 4 is 5.97 Å². The number of benzene rings is 2. The van der Waals surface area contributed by atoms with Gasteiger partial charge in [0.05, 0.1) is 0 Å². The van der Waals surface area contributed by atoms with E-state index in [1.54, 1.807) is 17.0 Å². The van der Waals surface area contributed by atoms with Crippen molar-refractivity contribution in [1.82, 2.24) is 15.0 Å². The summed E-state index contributed by atoms with van der Waals surface area (Å²) in [5.74, 6) is -0.366. The summed E-state index contributed by atoms with van der Waals surface area (Å²) in [6, 6.07) is 14.6. The van der Waals surface area contributed by atoms with Crippen molar-refractivity contribution in [2.45, 2.75) is 24.8 Å². The maximum Gasteiger partial charge on any atom is 0.325 e. The molecule has 1 aliphatic rings. The van der Waals surface area contributed by atoms with Gasteiger partial charge in [0.15, 0.2) is 0 Å². The first-order chi connectivity index (χ1) is 13.6. The minimum atomic E-state index is -1.05. The van der Waals surface area contributed by atoms with Crippen LogP contribution < -0.4 is 0 Å². The first kappa shape index (κ1) is 18.3. The number of carboxylic acid groups (broad SMARTS) is 1. The van der Waals surface area contributed by atoms with E-state index in [1.165, 1.54) is 12.1 Å². The Kier molecular flexibility index (Phi) is 5.16. The Hall–Kier alpha value is -3.06. The molecule has 0 saturated carbocycles. The highest BCUT2D eigenvalue weighted by Crippen LogP contribution is 2.33. The van der Waals surface area contributed by atoms with Gasteiger partial charge in [0, 0.05) is 30.1 Å². The molecule has 2 heterocycles. The minimum Gasteiger partial charge on any atom is -0.480 e. The van der Waals surface area contributed by atoms with Crippen molar-refractivity contribution in [2.75, 3.05) is 13.1 Å². The lowest BCUT2D eigenvalue weighted by molar-refractivity contribution is -0.144. The molecule has 0 radical (unpaired) electrons. The van der Waals surface area contributed by atoms with Gasteiger partial charge in [0.1, 0.15) is 11.9 Å². The third-order valence-electron chi connectivity index (χ3n) is 5.15. The van der Waals surface area contributed by atoms with Crippen LogP contribution in [-0.4, -0.2) is 39.2 Å². The van der Waals surface area contributed by atoms with Gasteiger partial charge in [-0.2, -0.15) is 4.98 Å². The van der Waals surface area contributed by atoms with Gasteiger partial charge in [-0.05, 0) is 18.9 Å². The zero-order valence-electron chi connectivity index (χ0n) is 15.2. The Labute approximate surface area is 161 Å². The first-order valence-electron chi connectivity index (χ1n) is 9.24. The summed E-state index contributed by atoms with van der Waals surface area (Å²) in [4.78, 5) is 18.1. The lowest BCUT2D eigenvalue weighted by atomic mass is 9.94. The van der Waals surface area contributed by atoms with Gasteiger partial charge in [-0.1, -0.05) is 53.7 Å². The van der Waals surface area contributed by atoms with Crippen LogP contribution in [0, 0.1) is 5.82 Å². The Morgan fingerprint density at radius 2 is 1.79 bits per heavy atom. The lowest BCUT2D eigenvalue weighted by Crippen LogP contribution is -2.40. The van der Waals surface area contributed by atoms with Gasteiger partial charge in [-0.15, -0.1) is 0 Å². The van der Waals surface area contributed by atoms with Crippen LogP contribution in [0.25, 0.3) is 11.4 Å². The van der Waals surface area contributed by atoms with Crippen LogP contribution >= 0.6 is 0 Å². The molecule has 1 N–H and O–H groups in total. The first-order valence-corrected chi connectivity index (χ1v) is 9.24. The highest BCUT2D eigenvalue weighted by molar-refractivity contribution is 5.75. The fourth-order valence-electron chi connectivity index (χ4n) is 3.69. The topological polar surface area (TPSA) is 79.5 Å². The number of hydrogen-bond acceptors (Lipinski definition) is 5. The summed E-state index contributed by atoms with van der Waals surface area (Å²) in [5.41, 5.74) is 1.08. The van der Waals surface area contributed by atoms with E-state index in [-0.39, 0.29) is 11.5 Å². The molecular weight excluding hydrogens is 361 g/mol. The summed E-state index contributed by atoms with van der Waals surface area (Å²) < 4.78 is 19.6. The van der Waals surface area contributed by atoms with Crippen molar-refractivity contribution in [3.8, 4) is 11.4 Å². The molecule has 144 valence electrons. The number of aromatic nitrogens is 2. The van der Waals surface area contributed by atoms with Crippen LogP contribution in [0.4, 0.5) is 4.39 Å². The number of carboxylic acids is 1. The Bertz CT molecular complexity index is 952. The molecule has 28 heavy (non-hydrogen) atoms. The zero-order chi connectivity index (χ0) is 19.5. The standard InChI is InChI=1S/C21H20FN3O3/c22-17-9-5-4-8-16(17)18(21(26)27)25-12-10-15(11-13-25)20-23-19(24-28-20)14-6-2-1-3-7-14/h1-9,15,18H,10-13H2,(H,26,27)/t18-/m1/s1. The molecule has 1 aliphatic heterocycles. The van der Waals surface area contributed by atoms with Crippen LogP contribution in [0.3, 0.4) is 0 Å². The summed E-state index contributed by atoms with van der Waals surface area (Å²) >= 11 is 0. The molecule has 0 aliphatic carbocycles. The van der Waals surface area contributed by atoms with E-state index >= 15 is 0 Å². The molecule has 4 rings (SSSR count). The van der Waals surface area contributed by atoms with Gasteiger partial charge in [-0.3, -0.25) is 9.69 Å². The molecule has 1 atom stereocenters. The SMILES string of the molecule is O=C(O)[C@@H](c1ccccc1F)N1CCC(c2nc(-c3ccccc3)no2)CC1. The molecule has 0 unspecified atom stereocenters. The lowest BCUT2D eigenvalue weighted by Gasteiger charge is -2.34. The van der Waals surface area contributed by atoms with Crippen LogP contribution in [0.1, 0.15) is 36.3 Å². The fourth-order valence-corrected chi connectivity index (χ4v) is 3.69. The van der Waals surface area contributed by atoms with Gasteiger partial charge in [0.2, 0.25) is 11.7 Å². The van der Waals surface area contributed by atoms with E-state index in [9.17, 15) is 14.3 Å². The molecule has 0 amide bonds. The van der Waals surface area contributed by atoms with Crippen molar-refractivity contribution in [1.29, 1.82) is 0 Å². The predicted molar refractivity (Wildman–Crippen MR) is 100 cm³/mol. The maximum atomic E-state index is 14.1. The van der Waals surface area contributed by atoms with Crippen molar-refractivity contribution in [3.05, 3.63) is 71.9 Å². The van der Waals surface area contributed by atoms with E-state index in [4.69, 9.17) is 4.52 Å². The van der Waals surface area contributed by atoms with Crippen LogP contribution in [0.2, 0.25) is 0 Å². The largest absolute Gasteiger partial charge is 0.480 e. The third kappa shape index (κ3) is 3.66. The summed E-state index contributed by atoms with van der Waals surface area (Å²) in [5, 5.41) is 13.7. The molecule has 1 saturated heterocycles. The monoisotopic (exact) mass is 381 g/mol. The summed E-state index contributed by atoms with van der Waals surface area (Å²) in [6.45, 7) is 1.03. The third-order valence-corrected chi connectivity index (χ3v) is 5.15. The van der Waals surface area contributed by atoms with Gasteiger partial charge < -0.3 is 9.63 Å². The van der Waals surface area contributed by atoms with Gasteiger partial charge >= 0.3 is 5.97 Å². The number of aliphatic carboxylic acids is 1. The van der Waals surface area contributed by atoms with Crippen LogP contribution in [0.5, 0.6) is 0 Å². The van der Waals surface area contributed by atoms with Crippen molar-refractivity contribution in [2.24, 2.45) is 0 Å². The second kappa shape index (κ2) is 7.90. The Morgan fingerprint density at radius 1 is 1.11 bits per heavy atom. The van der Waals surface area contributed by atoms with Crippen molar-refractivity contribution in [3.63, 3.8) is 0 Å². The number of hydrogen-bond donors (Lipinski definition) is 1. The van der Waals surface area contributed by atoms with E-state index in [0.717, 1.165) is 5.56 Å². The van der Waals surface area contributed by atoms with E-state index in [1.807, 2.05) is 30.3 Å². The average Bonchev–Trinajstić information content (AvgIpc) is 3.21. The molecule has 1 aromatic heterocycles. The molecule has 3 aromatic rings. The fraction of sp³-hybridized carbons (Fsp3) is 0.286. The molecule has 0 spiro atoms. The number of halogens is 1. The molecule has 0 bridgehead atoms. The highest BCUT2D eigenvalue weighted by atomic mass is 19.1. The van der Waals surface area contributed by atoms with E-state index < -0.39 is 17.8 Å². The predicted octanol–water partition coefficient (Wildman–Crippen LogP) is 3.88. The van der Waals surface area contributed by atoms with E-state index in [0.29, 0.717) is 37.6 Å². The second-order valence-electron chi connectivity index (χ2n) is 6.89. The highest BCUT2D eigenvalue weighted by Gasteiger charge is 2.34. The number of piperidine rings is 1.